The third kappa shape index (κ3) is 2.28. The molecule has 0 bridgehead atoms. The number of rotatable bonds is 2. The number of alkyl halides is 1. The highest BCUT2D eigenvalue weighted by Gasteiger charge is 2.65. The number of carbonyl (C=O) groups excluding carboxylic acids is 2. The van der Waals surface area contributed by atoms with Gasteiger partial charge in [0.1, 0.15) is 11.6 Å². The number of halogens is 1. The van der Waals surface area contributed by atoms with Crippen molar-refractivity contribution >= 4 is 27.5 Å². The number of carbonyl (C=O) groups is 2. The lowest BCUT2D eigenvalue weighted by atomic mass is 9.43. The average molecular weight is 423 g/mol. The molecule has 0 spiro atoms. The Bertz CT molecular complexity index is 630. The number of ketones is 2. The molecule has 4 rings (SSSR count). The van der Waals surface area contributed by atoms with Gasteiger partial charge in [0.25, 0.3) is 0 Å². The molecule has 0 aromatic rings. The highest BCUT2D eigenvalue weighted by molar-refractivity contribution is 9.10. The SMILES string of the molecule is CC[C@@]1(C(C)=O)CC[C@H]2[C@@H]3CCC4CC(=O)C(Br)C[C@]4(C)[C@H]3CC[C@@]21C. The topological polar surface area (TPSA) is 34.1 Å². The monoisotopic (exact) mass is 422 g/mol. The van der Waals surface area contributed by atoms with Gasteiger partial charge in [-0.25, -0.2) is 0 Å². The summed E-state index contributed by atoms with van der Waals surface area (Å²) in [6, 6.07) is 0. The second kappa shape index (κ2) is 6.16. The fourth-order valence-electron chi connectivity index (χ4n) is 8.60. The first-order chi connectivity index (χ1) is 12.2. The first kappa shape index (κ1) is 19.2. The summed E-state index contributed by atoms with van der Waals surface area (Å²) in [5.41, 5.74) is 0.414. The van der Waals surface area contributed by atoms with E-state index >= 15 is 0 Å². The highest BCUT2D eigenvalue weighted by atomic mass is 79.9. The molecule has 4 aliphatic carbocycles. The fraction of sp³-hybridized carbons (Fsp3) is 0.913. The molecule has 0 N–H and O–H groups in total. The Balaban J connectivity index is 1.67. The standard InChI is InChI=1S/C23H35BrO2/c1-5-23(14(2)25)11-9-18-16-7-6-15-12-20(26)19(24)13-21(15,3)17(16)8-10-22(18,23)4/h15-19H,5-13H2,1-4H3/t15?,16-,17+,18+,19?,21+,22+,23+/m1/s1. The molecule has 0 aromatic carbocycles. The summed E-state index contributed by atoms with van der Waals surface area (Å²) in [6.07, 6.45) is 10.1. The second-order valence-electron chi connectivity index (χ2n) is 10.5. The molecule has 4 aliphatic rings. The van der Waals surface area contributed by atoms with Crippen LogP contribution in [0, 0.1) is 39.9 Å². The quantitative estimate of drug-likeness (QED) is 0.514. The Morgan fingerprint density at radius 2 is 1.81 bits per heavy atom. The minimum Gasteiger partial charge on any atom is -0.299 e. The molecule has 0 aromatic heterocycles. The molecule has 3 heteroatoms. The molecule has 0 saturated heterocycles. The molecule has 2 unspecified atom stereocenters. The molecule has 8 atom stereocenters. The Hall–Kier alpha value is -0.180. The first-order valence-corrected chi connectivity index (χ1v) is 11.8. The van der Waals surface area contributed by atoms with Crippen molar-refractivity contribution in [3.05, 3.63) is 0 Å². The minimum absolute atomic E-state index is 0.0614. The van der Waals surface area contributed by atoms with E-state index in [4.69, 9.17) is 0 Å². The van der Waals surface area contributed by atoms with Gasteiger partial charge in [-0.05, 0) is 92.8 Å². The number of fused-ring (bicyclic) bond motifs is 5. The number of hydrogen-bond donors (Lipinski definition) is 0. The van der Waals surface area contributed by atoms with Crippen LogP contribution in [0.5, 0.6) is 0 Å². The van der Waals surface area contributed by atoms with Gasteiger partial charge in [-0.15, -0.1) is 0 Å². The van der Waals surface area contributed by atoms with Crippen molar-refractivity contribution in [2.75, 3.05) is 0 Å². The Labute approximate surface area is 167 Å². The van der Waals surface area contributed by atoms with Crippen molar-refractivity contribution in [2.24, 2.45) is 39.9 Å². The lowest BCUT2D eigenvalue weighted by molar-refractivity contribution is -0.152. The third-order valence-corrected chi connectivity index (χ3v) is 11.0. The van der Waals surface area contributed by atoms with E-state index < -0.39 is 0 Å². The van der Waals surface area contributed by atoms with Gasteiger partial charge in [0.05, 0.1) is 4.83 Å². The largest absolute Gasteiger partial charge is 0.299 e. The Morgan fingerprint density at radius 3 is 2.46 bits per heavy atom. The van der Waals surface area contributed by atoms with Gasteiger partial charge in [0.2, 0.25) is 0 Å². The van der Waals surface area contributed by atoms with Crippen LogP contribution < -0.4 is 0 Å². The van der Waals surface area contributed by atoms with Gasteiger partial charge >= 0.3 is 0 Å². The van der Waals surface area contributed by atoms with Crippen LogP contribution in [0.4, 0.5) is 0 Å². The van der Waals surface area contributed by atoms with Crippen LogP contribution in [0.25, 0.3) is 0 Å². The van der Waals surface area contributed by atoms with Crippen LogP contribution in [-0.4, -0.2) is 16.4 Å². The molecule has 0 aliphatic heterocycles. The number of Topliss-reactive ketones (excluding diaryl/α,β-unsaturated/α-hetero) is 2. The van der Waals surface area contributed by atoms with E-state index in [1.54, 1.807) is 0 Å². The van der Waals surface area contributed by atoms with E-state index in [1.165, 1.54) is 32.1 Å². The highest BCUT2D eigenvalue weighted by Crippen LogP contribution is 2.71. The summed E-state index contributed by atoms with van der Waals surface area (Å²) in [5, 5.41) is 0. The van der Waals surface area contributed by atoms with Crippen molar-refractivity contribution < 1.29 is 9.59 Å². The van der Waals surface area contributed by atoms with Crippen molar-refractivity contribution in [1.82, 2.24) is 0 Å². The maximum atomic E-state index is 12.7. The molecule has 26 heavy (non-hydrogen) atoms. The van der Waals surface area contributed by atoms with Crippen LogP contribution in [-0.2, 0) is 9.59 Å². The van der Waals surface area contributed by atoms with Crippen LogP contribution in [0.1, 0.15) is 85.5 Å². The molecular weight excluding hydrogens is 388 g/mol. The maximum absolute atomic E-state index is 12.7. The van der Waals surface area contributed by atoms with Crippen molar-refractivity contribution in [3.8, 4) is 0 Å². The average Bonchev–Trinajstić information content (AvgIpc) is 2.90. The zero-order valence-corrected chi connectivity index (χ0v) is 18.5. The fourth-order valence-corrected chi connectivity index (χ4v) is 9.49. The summed E-state index contributed by atoms with van der Waals surface area (Å²) in [5.74, 6) is 3.65. The molecule has 2 nitrogen and oxygen atoms in total. The molecule has 0 amide bonds. The molecule has 146 valence electrons. The van der Waals surface area contributed by atoms with Crippen LogP contribution >= 0.6 is 15.9 Å². The van der Waals surface area contributed by atoms with Crippen molar-refractivity contribution in [3.63, 3.8) is 0 Å². The van der Waals surface area contributed by atoms with E-state index in [0.717, 1.165) is 37.5 Å². The second-order valence-corrected chi connectivity index (χ2v) is 11.6. The zero-order valence-electron chi connectivity index (χ0n) is 16.9. The van der Waals surface area contributed by atoms with Gasteiger partial charge < -0.3 is 0 Å². The molecule has 4 saturated carbocycles. The van der Waals surface area contributed by atoms with E-state index in [9.17, 15) is 9.59 Å². The van der Waals surface area contributed by atoms with Gasteiger partial charge in [-0.3, -0.25) is 9.59 Å². The van der Waals surface area contributed by atoms with E-state index in [2.05, 4.69) is 36.7 Å². The predicted octanol–water partition coefficient (Wildman–Crippen LogP) is 5.96. The lowest BCUT2D eigenvalue weighted by Crippen LogP contribution is -2.57. The smallest absolute Gasteiger partial charge is 0.146 e. The molecule has 0 radical (unpaired) electrons. The molecule has 0 heterocycles. The minimum atomic E-state index is -0.0825. The molecule has 4 fully saturated rings. The summed E-state index contributed by atoms with van der Waals surface area (Å²) in [7, 11) is 0. The van der Waals surface area contributed by atoms with Crippen LogP contribution in [0.15, 0.2) is 0 Å². The maximum Gasteiger partial charge on any atom is 0.146 e. The van der Waals surface area contributed by atoms with Gasteiger partial charge in [0.15, 0.2) is 0 Å². The third-order valence-electron chi connectivity index (χ3n) is 10.1. The van der Waals surface area contributed by atoms with Gasteiger partial charge in [0, 0.05) is 11.8 Å². The summed E-state index contributed by atoms with van der Waals surface area (Å²) in [6.45, 7) is 9.04. The van der Waals surface area contributed by atoms with Crippen molar-refractivity contribution in [2.45, 2.75) is 90.3 Å². The van der Waals surface area contributed by atoms with E-state index in [0.29, 0.717) is 28.8 Å². The summed E-state index contributed by atoms with van der Waals surface area (Å²) >= 11 is 3.69. The van der Waals surface area contributed by atoms with Gasteiger partial charge in [-0.2, -0.15) is 0 Å². The van der Waals surface area contributed by atoms with Crippen molar-refractivity contribution in [1.29, 1.82) is 0 Å². The van der Waals surface area contributed by atoms with Crippen LogP contribution in [0.3, 0.4) is 0 Å². The van der Waals surface area contributed by atoms with Gasteiger partial charge in [-0.1, -0.05) is 36.7 Å². The number of hydrogen-bond acceptors (Lipinski definition) is 2. The summed E-state index contributed by atoms with van der Waals surface area (Å²) in [4.78, 5) is 25.1. The lowest BCUT2D eigenvalue weighted by Gasteiger charge is -2.62. The normalized spacial score (nSPS) is 53.6. The Kier molecular flexibility index (Phi) is 4.54. The Morgan fingerprint density at radius 1 is 1.12 bits per heavy atom. The van der Waals surface area contributed by atoms with E-state index in [-0.39, 0.29) is 15.7 Å². The summed E-state index contributed by atoms with van der Waals surface area (Å²) < 4.78 is 0. The zero-order chi connectivity index (χ0) is 18.9. The van der Waals surface area contributed by atoms with E-state index in [1.807, 2.05) is 6.92 Å². The molecular formula is C23H35BrO2. The first-order valence-electron chi connectivity index (χ1n) is 10.9. The predicted molar refractivity (Wildman–Crippen MR) is 108 cm³/mol. The van der Waals surface area contributed by atoms with Crippen LogP contribution in [0.2, 0.25) is 0 Å².